The smallest absolute Gasteiger partial charge is 0.0701 e. The topological polar surface area (TPSA) is 18.5 Å². The molecule has 0 spiro atoms. The number of halogens is 2. The van der Waals surface area contributed by atoms with Crippen molar-refractivity contribution >= 4 is 25.1 Å². The summed E-state index contributed by atoms with van der Waals surface area (Å²) >= 11 is 2.41. The molecule has 0 atom stereocenters. The fourth-order valence-electron chi connectivity index (χ4n) is 0.440. The Bertz CT molecular complexity index is 29.5. The molecule has 0 N–H and O–H groups in total. The third kappa shape index (κ3) is 4.84. The van der Waals surface area contributed by atoms with Gasteiger partial charge in [0, 0.05) is 15.0 Å². The lowest BCUT2D eigenvalue weighted by molar-refractivity contribution is -0.0334. The van der Waals surface area contributed by atoms with Crippen LogP contribution in [0.5, 0.6) is 0 Å². The van der Waals surface area contributed by atoms with Gasteiger partial charge in [-0.25, -0.2) is 0 Å². The van der Waals surface area contributed by atoms with Gasteiger partial charge in [-0.2, -0.15) is 0 Å². The van der Waals surface area contributed by atoms with E-state index in [4.69, 9.17) is 9.47 Å². The van der Waals surface area contributed by atoms with E-state index in [1.54, 1.807) is 0 Å². The summed E-state index contributed by atoms with van der Waals surface area (Å²) < 4.78 is 9.89. The van der Waals surface area contributed by atoms with Gasteiger partial charge in [-0.15, -0.1) is 0 Å². The Balaban J connectivity index is 0.000000222. The number of hydrogen-bond donors (Lipinski definition) is 0. The van der Waals surface area contributed by atoms with Crippen molar-refractivity contribution in [3.8, 4) is 0 Å². The molecule has 0 bridgehead atoms. The average Bonchev–Trinajstić information content (AvgIpc) is 1.96. The zero-order chi connectivity index (χ0) is 6.24. The molecule has 0 aromatic heterocycles. The van der Waals surface area contributed by atoms with Crippen LogP contribution in [-0.4, -0.2) is 26.4 Å². The van der Waals surface area contributed by atoms with Gasteiger partial charge >= 0.3 is 0 Å². The van der Waals surface area contributed by atoms with E-state index in [1.165, 1.54) is 0 Å². The summed E-state index contributed by atoms with van der Waals surface area (Å²) in [4.78, 5) is 0. The third-order valence-electron chi connectivity index (χ3n) is 0.744. The van der Waals surface area contributed by atoms with Crippen LogP contribution in [0.4, 0.5) is 0 Å². The third-order valence-corrected chi connectivity index (χ3v) is 0.744. The van der Waals surface area contributed by atoms with E-state index in [0.717, 1.165) is 26.4 Å². The maximum atomic E-state index is 4.94. The summed E-state index contributed by atoms with van der Waals surface area (Å²) in [5.41, 5.74) is 0. The molecule has 2 nitrogen and oxygen atoms in total. The van der Waals surface area contributed by atoms with Gasteiger partial charge in [0.2, 0.25) is 0 Å². The molecule has 0 radical (unpaired) electrons. The minimum atomic E-state index is 0.778. The van der Waals surface area contributed by atoms with E-state index < -0.39 is 0 Å². The molecule has 0 saturated carbocycles. The lowest BCUT2D eigenvalue weighted by atomic mass is 10.6. The predicted molar refractivity (Wildman–Crippen MR) is 36.4 cm³/mol. The van der Waals surface area contributed by atoms with Gasteiger partial charge in [0.25, 0.3) is 0 Å². The van der Waals surface area contributed by atoms with E-state index in [-0.39, 0.29) is 0 Å². The molecular formula is C4H8BrClO2. The van der Waals surface area contributed by atoms with Crippen LogP contribution < -0.4 is 0 Å². The molecule has 1 fully saturated rings. The maximum Gasteiger partial charge on any atom is 0.0701 e. The van der Waals surface area contributed by atoms with Crippen LogP contribution in [0.25, 0.3) is 0 Å². The van der Waals surface area contributed by atoms with Crippen LogP contribution >= 0.6 is 25.1 Å². The van der Waals surface area contributed by atoms with Gasteiger partial charge < -0.3 is 9.47 Å². The van der Waals surface area contributed by atoms with E-state index >= 15 is 0 Å². The molecule has 0 aromatic carbocycles. The second kappa shape index (κ2) is 7.69. The van der Waals surface area contributed by atoms with E-state index in [0.29, 0.717) is 0 Å². The highest BCUT2D eigenvalue weighted by Crippen LogP contribution is 1.85. The van der Waals surface area contributed by atoms with Gasteiger partial charge in [0.05, 0.1) is 26.4 Å². The first-order chi connectivity index (χ1) is 4.00. The van der Waals surface area contributed by atoms with Crippen LogP contribution in [0.15, 0.2) is 0 Å². The summed E-state index contributed by atoms with van der Waals surface area (Å²) in [6.45, 7) is 3.11. The zero-order valence-corrected chi connectivity index (χ0v) is 6.74. The summed E-state index contributed by atoms with van der Waals surface area (Å²) in [6, 6.07) is 0. The highest BCUT2D eigenvalue weighted by molar-refractivity contribution is 9.22. The fourth-order valence-corrected chi connectivity index (χ4v) is 0.440. The molecule has 8 heavy (non-hydrogen) atoms. The Hall–Kier alpha value is 0.690. The molecule has 4 heteroatoms. The normalized spacial score (nSPS) is 18.8. The van der Waals surface area contributed by atoms with Crippen LogP contribution in [0.2, 0.25) is 0 Å². The molecule has 0 aliphatic carbocycles. The number of hydrogen-bond acceptors (Lipinski definition) is 2. The predicted octanol–water partition coefficient (Wildman–Crippen LogP) is 1.57. The first-order valence-electron chi connectivity index (χ1n) is 2.30. The maximum absolute atomic E-state index is 4.94. The van der Waals surface area contributed by atoms with Crippen molar-refractivity contribution in [3.63, 3.8) is 0 Å². The Labute approximate surface area is 61.5 Å². The molecule has 0 amide bonds. The first kappa shape index (κ1) is 8.69. The second-order valence-corrected chi connectivity index (χ2v) is 1.22. The zero-order valence-electron chi connectivity index (χ0n) is 4.40. The summed E-state index contributed by atoms with van der Waals surface area (Å²) in [7, 11) is 4.45. The molecule has 1 aliphatic heterocycles. The minimum absolute atomic E-state index is 0.778. The average molecular weight is 203 g/mol. The molecule has 1 saturated heterocycles. The van der Waals surface area contributed by atoms with E-state index in [2.05, 4.69) is 25.1 Å². The first-order valence-corrected chi connectivity index (χ1v) is 4.38. The summed E-state index contributed by atoms with van der Waals surface area (Å²) in [5.74, 6) is 0. The Morgan fingerprint density at radius 2 is 1.12 bits per heavy atom. The lowest BCUT2D eigenvalue weighted by Gasteiger charge is -2.09. The Morgan fingerprint density at radius 3 is 1.25 bits per heavy atom. The molecule has 0 unspecified atom stereocenters. The Kier molecular flexibility index (Phi) is 8.35. The molecule has 1 heterocycles. The number of ether oxygens (including phenoxy) is 2. The molecule has 1 rings (SSSR count). The second-order valence-electron chi connectivity index (χ2n) is 1.22. The number of rotatable bonds is 0. The summed E-state index contributed by atoms with van der Waals surface area (Å²) in [5, 5.41) is 0. The molecule has 1 aliphatic rings. The molecular weight excluding hydrogens is 195 g/mol. The van der Waals surface area contributed by atoms with Crippen LogP contribution in [0.3, 0.4) is 0 Å². The Morgan fingerprint density at radius 1 is 0.875 bits per heavy atom. The van der Waals surface area contributed by atoms with Crippen LogP contribution in [0.1, 0.15) is 0 Å². The van der Waals surface area contributed by atoms with Crippen LogP contribution in [0, 0.1) is 0 Å². The van der Waals surface area contributed by atoms with Gasteiger partial charge in [-0.3, -0.25) is 0 Å². The van der Waals surface area contributed by atoms with Gasteiger partial charge in [-0.05, 0) is 10.1 Å². The highest BCUT2D eigenvalue weighted by atomic mass is 79.9. The lowest BCUT2D eigenvalue weighted by Crippen LogP contribution is -2.16. The van der Waals surface area contributed by atoms with Crippen molar-refractivity contribution < 1.29 is 9.47 Å². The largest absolute Gasteiger partial charge is 0.377 e. The standard InChI is InChI=1S/C4H8O2.BrCl/c1-2-6-4-3-5-1;1-2/h1-4H2;. The SMILES string of the molecule is C1COCCO1.ClBr. The molecule has 50 valence electrons. The van der Waals surface area contributed by atoms with Crippen molar-refractivity contribution in [2.45, 2.75) is 0 Å². The van der Waals surface area contributed by atoms with Gasteiger partial charge in [0.1, 0.15) is 0 Å². The summed E-state index contributed by atoms with van der Waals surface area (Å²) in [6.07, 6.45) is 0. The van der Waals surface area contributed by atoms with Crippen molar-refractivity contribution in [3.05, 3.63) is 0 Å². The van der Waals surface area contributed by atoms with E-state index in [1.807, 2.05) is 0 Å². The fraction of sp³-hybridized carbons (Fsp3) is 1.00. The van der Waals surface area contributed by atoms with Crippen molar-refractivity contribution in [1.29, 1.82) is 0 Å². The van der Waals surface area contributed by atoms with E-state index in [9.17, 15) is 0 Å². The highest BCUT2D eigenvalue weighted by Gasteiger charge is 1.94. The van der Waals surface area contributed by atoms with Crippen molar-refractivity contribution in [2.75, 3.05) is 26.4 Å². The molecule has 0 aromatic rings. The van der Waals surface area contributed by atoms with Gasteiger partial charge in [0.15, 0.2) is 0 Å². The van der Waals surface area contributed by atoms with Crippen molar-refractivity contribution in [1.82, 2.24) is 0 Å². The quantitative estimate of drug-likeness (QED) is 0.595. The van der Waals surface area contributed by atoms with Crippen LogP contribution in [-0.2, 0) is 9.47 Å². The van der Waals surface area contributed by atoms with Gasteiger partial charge in [-0.1, -0.05) is 0 Å². The monoisotopic (exact) mass is 202 g/mol. The van der Waals surface area contributed by atoms with Crippen molar-refractivity contribution in [2.24, 2.45) is 0 Å². The minimum Gasteiger partial charge on any atom is -0.377 e.